The predicted octanol–water partition coefficient (Wildman–Crippen LogP) is 6.24. The Labute approximate surface area is 267 Å². The molecule has 0 aliphatic carbocycles. The number of hydrogen-bond donors (Lipinski definition) is 5. The lowest BCUT2D eigenvalue weighted by molar-refractivity contribution is -0.274. The molecular weight excluding hydrogens is 621 g/mol. The Balaban J connectivity index is 1.17. The Morgan fingerprint density at radius 3 is 2.67 bits per heavy atom. The van der Waals surface area contributed by atoms with Gasteiger partial charge in [0.05, 0.1) is 0 Å². The van der Waals surface area contributed by atoms with Crippen molar-refractivity contribution in [1.82, 2.24) is 19.6 Å². The minimum absolute atomic E-state index is 0.0101. The van der Waals surface area contributed by atoms with Crippen molar-refractivity contribution < 1.29 is 27.1 Å². The van der Waals surface area contributed by atoms with Gasteiger partial charge in [-0.15, -0.1) is 13.2 Å². The molecule has 1 aliphatic heterocycles. The third kappa shape index (κ3) is 8.91. The summed E-state index contributed by atoms with van der Waals surface area (Å²) in [7, 11) is 0. The summed E-state index contributed by atoms with van der Waals surface area (Å²) in [6.45, 7) is 7.30. The van der Waals surface area contributed by atoms with Crippen molar-refractivity contribution in [2.24, 2.45) is 17.6 Å². The molecule has 4 aromatic rings. The number of anilines is 2. The van der Waals surface area contributed by atoms with Gasteiger partial charge >= 0.3 is 12.4 Å². The number of fused-ring (bicyclic) bond motifs is 1. The molecule has 2 aromatic carbocycles. The molecule has 2 unspecified atom stereocenters. The number of nitrogen functional groups attached to an aromatic ring is 1. The fourth-order valence-electron chi connectivity index (χ4n) is 5.11. The molecule has 11 nitrogen and oxygen atoms in total. The highest BCUT2D eigenvalue weighted by Gasteiger charge is 2.31. The summed E-state index contributed by atoms with van der Waals surface area (Å²) in [6, 6.07) is 13.7. The predicted molar refractivity (Wildman–Crippen MR) is 172 cm³/mol. The number of rotatable bonds is 11. The Bertz CT molecular complexity index is 1730. The van der Waals surface area contributed by atoms with Gasteiger partial charge in [-0.2, -0.15) is 4.98 Å². The van der Waals surface area contributed by atoms with E-state index in [0.29, 0.717) is 28.5 Å². The number of benzene rings is 2. The molecule has 0 spiro atoms. The van der Waals surface area contributed by atoms with E-state index in [-0.39, 0.29) is 29.4 Å². The largest absolute Gasteiger partial charge is 0.573 e. The smallest absolute Gasteiger partial charge is 0.457 e. The van der Waals surface area contributed by atoms with Crippen molar-refractivity contribution in [3.05, 3.63) is 77.7 Å². The number of urea groups is 1. The molecule has 1 aliphatic rings. The summed E-state index contributed by atoms with van der Waals surface area (Å²) in [5, 5.41) is 14.5. The number of ether oxygens (including phenoxy) is 1. The van der Waals surface area contributed by atoms with Gasteiger partial charge in [0.2, 0.25) is 5.95 Å². The molecule has 2 atom stereocenters. The SMILES string of the molecule is CCN1CC(C=Cc2cc3cc(C(=N)N)ccc3o2)C(CNc2cc(C)nc(NC(=O)NSc3ccc(OC(F)(F)F)cc3)n2)C1. The molecule has 6 N–H and O–H groups in total. The van der Waals surface area contributed by atoms with E-state index >= 15 is 0 Å². The summed E-state index contributed by atoms with van der Waals surface area (Å²) in [5.41, 5.74) is 7.65. The average Bonchev–Trinajstić information content (AvgIpc) is 3.60. The van der Waals surface area contributed by atoms with Gasteiger partial charge in [0.1, 0.15) is 28.7 Å². The van der Waals surface area contributed by atoms with Gasteiger partial charge in [-0.05, 0) is 91.9 Å². The van der Waals surface area contributed by atoms with Crippen molar-refractivity contribution >= 4 is 52.6 Å². The van der Waals surface area contributed by atoms with Crippen LogP contribution in [0.15, 0.2) is 70.0 Å². The maximum atomic E-state index is 12.5. The molecule has 2 amide bonds. The number of carbonyl (C=O) groups is 1. The number of likely N-dealkylation sites (tertiary alicyclic amines) is 1. The first kappa shape index (κ1) is 32.6. The van der Waals surface area contributed by atoms with Crippen LogP contribution in [0.2, 0.25) is 0 Å². The van der Waals surface area contributed by atoms with Crippen LogP contribution in [0.5, 0.6) is 5.75 Å². The molecule has 3 heterocycles. The Hall–Kier alpha value is -4.76. The fraction of sp³-hybridized carbons (Fsp3) is 0.290. The van der Waals surface area contributed by atoms with Gasteiger partial charge in [-0.1, -0.05) is 13.0 Å². The van der Waals surface area contributed by atoms with E-state index in [0.717, 1.165) is 60.4 Å². The van der Waals surface area contributed by atoms with Crippen LogP contribution < -0.4 is 25.8 Å². The van der Waals surface area contributed by atoms with E-state index in [2.05, 4.69) is 48.0 Å². The van der Waals surface area contributed by atoms with Crippen LogP contribution >= 0.6 is 11.9 Å². The summed E-state index contributed by atoms with van der Waals surface area (Å²) in [6.07, 6.45) is -0.619. The van der Waals surface area contributed by atoms with Crippen molar-refractivity contribution in [3.8, 4) is 5.75 Å². The van der Waals surface area contributed by atoms with E-state index in [9.17, 15) is 18.0 Å². The number of furan rings is 1. The summed E-state index contributed by atoms with van der Waals surface area (Å²) in [4.78, 5) is 24.1. The summed E-state index contributed by atoms with van der Waals surface area (Å²) >= 11 is 0.917. The summed E-state index contributed by atoms with van der Waals surface area (Å²) < 4.78 is 49.5. The highest BCUT2D eigenvalue weighted by atomic mass is 32.2. The van der Waals surface area contributed by atoms with E-state index in [1.807, 2.05) is 24.3 Å². The summed E-state index contributed by atoms with van der Waals surface area (Å²) in [5.74, 6) is 1.58. The van der Waals surface area contributed by atoms with Crippen LogP contribution in [0.25, 0.3) is 17.0 Å². The molecule has 1 saturated heterocycles. The van der Waals surface area contributed by atoms with Crippen molar-refractivity contribution in [3.63, 3.8) is 0 Å². The van der Waals surface area contributed by atoms with Gasteiger partial charge in [-0.25, -0.2) is 9.78 Å². The van der Waals surface area contributed by atoms with Crippen molar-refractivity contribution in [2.45, 2.75) is 25.1 Å². The highest BCUT2D eigenvalue weighted by Crippen LogP contribution is 2.28. The Morgan fingerprint density at radius 1 is 1.17 bits per heavy atom. The molecule has 15 heteroatoms. The van der Waals surface area contributed by atoms with Gasteiger partial charge in [0.25, 0.3) is 0 Å². The molecule has 46 heavy (non-hydrogen) atoms. The number of nitrogens with two attached hydrogens (primary N) is 1. The first-order valence-corrected chi connectivity index (χ1v) is 15.2. The number of nitrogens with zero attached hydrogens (tertiary/aromatic N) is 3. The third-order valence-electron chi connectivity index (χ3n) is 7.31. The van der Waals surface area contributed by atoms with Gasteiger partial charge in [0.15, 0.2) is 0 Å². The van der Waals surface area contributed by atoms with Crippen LogP contribution in [0, 0.1) is 24.2 Å². The quantitative estimate of drug-likeness (QED) is 0.0719. The first-order chi connectivity index (χ1) is 21.9. The van der Waals surface area contributed by atoms with Crippen LogP contribution in [-0.2, 0) is 0 Å². The zero-order valence-electron chi connectivity index (χ0n) is 25.0. The van der Waals surface area contributed by atoms with E-state index in [1.54, 1.807) is 19.1 Å². The number of amides is 2. The monoisotopic (exact) mass is 654 g/mol. The molecule has 242 valence electrons. The zero-order chi connectivity index (χ0) is 32.8. The Morgan fingerprint density at radius 2 is 1.96 bits per heavy atom. The topological polar surface area (TPSA) is 154 Å². The number of aromatic nitrogens is 2. The standard InChI is InChI=1S/C31H33F3N8O3S/c1-3-42-16-20(4-6-24-14-21-13-19(28(35)36)5-11-26(21)44-24)22(17-42)15-37-27-12-18(2)38-29(39-27)40-30(43)41-46-25-9-7-23(8-10-25)45-31(32,33)34/h4-14,20,22H,3,15-17H2,1-2H3,(H3,35,36)(H3,37,38,39,40,41,43). The molecule has 2 aromatic heterocycles. The lowest BCUT2D eigenvalue weighted by atomic mass is 9.95. The van der Waals surface area contributed by atoms with E-state index < -0.39 is 12.4 Å². The second-order valence-electron chi connectivity index (χ2n) is 10.7. The minimum atomic E-state index is -4.78. The molecule has 5 rings (SSSR count). The molecular formula is C31H33F3N8O3S. The lowest BCUT2D eigenvalue weighted by Gasteiger charge is -2.17. The molecule has 0 radical (unpaired) electrons. The van der Waals surface area contributed by atoms with Gasteiger partial charge < -0.3 is 25.1 Å². The lowest BCUT2D eigenvalue weighted by Crippen LogP contribution is -2.25. The molecule has 0 saturated carbocycles. The Kier molecular flexibility index (Phi) is 10.0. The maximum Gasteiger partial charge on any atom is 0.573 e. The average molecular weight is 655 g/mol. The second kappa shape index (κ2) is 14.1. The van der Waals surface area contributed by atoms with Gasteiger partial charge in [0, 0.05) is 47.2 Å². The molecule has 1 fully saturated rings. The van der Waals surface area contributed by atoms with E-state index in [1.165, 1.54) is 12.1 Å². The number of nitrogens with one attached hydrogen (secondary N) is 4. The number of aryl methyl sites for hydroxylation is 1. The normalized spacial score (nSPS) is 17.0. The number of carbonyl (C=O) groups excluding carboxylic acids is 1. The van der Waals surface area contributed by atoms with Crippen LogP contribution in [0.3, 0.4) is 0 Å². The van der Waals surface area contributed by atoms with Crippen LogP contribution in [-0.4, -0.2) is 59.3 Å². The highest BCUT2D eigenvalue weighted by molar-refractivity contribution is 7.98. The fourth-order valence-corrected chi connectivity index (χ4v) is 5.64. The van der Waals surface area contributed by atoms with E-state index in [4.69, 9.17) is 15.6 Å². The third-order valence-corrected chi connectivity index (χ3v) is 8.11. The number of hydrogen-bond acceptors (Lipinski definition) is 9. The number of halogens is 3. The molecule has 0 bridgehead atoms. The first-order valence-electron chi connectivity index (χ1n) is 14.4. The van der Waals surface area contributed by atoms with Crippen LogP contribution in [0.1, 0.15) is 23.9 Å². The number of amidine groups is 1. The van der Waals surface area contributed by atoms with Gasteiger partial charge in [-0.3, -0.25) is 15.4 Å². The second-order valence-corrected chi connectivity index (χ2v) is 11.6. The van der Waals surface area contributed by atoms with Crippen LogP contribution in [0.4, 0.5) is 29.7 Å². The van der Waals surface area contributed by atoms with Crippen molar-refractivity contribution in [1.29, 1.82) is 5.41 Å². The van der Waals surface area contributed by atoms with Crippen molar-refractivity contribution in [2.75, 3.05) is 36.8 Å². The zero-order valence-corrected chi connectivity index (χ0v) is 25.8. The minimum Gasteiger partial charge on any atom is -0.457 e. The maximum absolute atomic E-state index is 12.5. The number of alkyl halides is 3.